The quantitative estimate of drug-likeness (QED) is 0.219. The zero-order valence-corrected chi connectivity index (χ0v) is 21.7. The van der Waals surface area contributed by atoms with Crippen LogP contribution >= 0.6 is 0 Å². The van der Waals surface area contributed by atoms with Crippen molar-refractivity contribution in [2.75, 3.05) is 19.8 Å². The summed E-state index contributed by atoms with van der Waals surface area (Å²) in [7, 11) is 0. The number of carbonyl (C=O) groups excluding carboxylic acids is 2. The molecule has 4 aliphatic rings. The molecule has 12 atom stereocenters. The Morgan fingerprint density at radius 2 is 1.89 bits per heavy atom. The molecule has 5 N–H and O–H groups in total. The van der Waals surface area contributed by atoms with Gasteiger partial charge in [-0.2, -0.15) is 0 Å². The molecule has 12 nitrogen and oxygen atoms in total. The summed E-state index contributed by atoms with van der Waals surface area (Å²) in [4.78, 5) is 26.3. The van der Waals surface area contributed by atoms with Crippen LogP contribution in [0, 0.1) is 29.6 Å². The van der Waals surface area contributed by atoms with E-state index in [1.807, 2.05) is 13.8 Å². The van der Waals surface area contributed by atoms with Crippen LogP contribution in [0.1, 0.15) is 33.6 Å². The normalized spacial score (nSPS) is 43.7. The number of carbonyl (C=O) groups is 2. The van der Waals surface area contributed by atoms with E-state index in [0.717, 1.165) is 6.26 Å². The molecule has 3 fully saturated rings. The van der Waals surface area contributed by atoms with Gasteiger partial charge in [0.05, 0.1) is 31.5 Å². The third-order valence-electron chi connectivity index (χ3n) is 8.44. The Morgan fingerprint density at radius 3 is 2.55 bits per heavy atom. The molecule has 0 spiro atoms. The summed E-state index contributed by atoms with van der Waals surface area (Å²) in [5.74, 6) is -2.17. The zero-order chi connectivity index (χ0) is 27.7. The fourth-order valence-corrected chi connectivity index (χ4v) is 5.97. The van der Waals surface area contributed by atoms with Crippen LogP contribution in [0.25, 0.3) is 0 Å². The number of hydrogen-bond acceptors (Lipinski definition) is 12. The van der Waals surface area contributed by atoms with Crippen molar-refractivity contribution in [3.05, 3.63) is 23.5 Å². The SMILES string of the molecule is C/C=C1\[C@H](O[C@@H]2O[C@H](CO)[C@@H](O)[C@H](O)[C@H]2O)OC=C2C(=O)O[C@@H]3C[C@@H]([C@H](C)CO)[C@H](COC(=O)C[C@H]21)[C@H]3C. The van der Waals surface area contributed by atoms with E-state index in [-0.39, 0.29) is 48.9 Å². The van der Waals surface area contributed by atoms with Gasteiger partial charge in [-0.1, -0.05) is 19.9 Å². The van der Waals surface area contributed by atoms with E-state index in [9.17, 15) is 35.1 Å². The Balaban J connectivity index is 1.57. The first-order valence-electron chi connectivity index (χ1n) is 13.1. The third-order valence-corrected chi connectivity index (χ3v) is 8.44. The van der Waals surface area contributed by atoms with Crippen molar-refractivity contribution < 1.29 is 58.8 Å². The smallest absolute Gasteiger partial charge is 0.338 e. The summed E-state index contributed by atoms with van der Waals surface area (Å²) >= 11 is 0. The highest BCUT2D eigenvalue weighted by Crippen LogP contribution is 2.45. The third kappa shape index (κ3) is 5.48. The second-order valence-corrected chi connectivity index (χ2v) is 10.6. The maximum Gasteiger partial charge on any atom is 0.338 e. The van der Waals surface area contributed by atoms with Gasteiger partial charge in [0, 0.05) is 24.0 Å². The van der Waals surface area contributed by atoms with E-state index >= 15 is 0 Å². The van der Waals surface area contributed by atoms with E-state index in [0.29, 0.717) is 12.0 Å². The number of esters is 2. The lowest BCUT2D eigenvalue weighted by atomic mass is 9.83. The van der Waals surface area contributed by atoms with E-state index in [4.69, 9.17) is 23.7 Å². The summed E-state index contributed by atoms with van der Waals surface area (Å²) in [6.45, 7) is 5.02. The van der Waals surface area contributed by atoms with Crippen LogP contribution in [0.5, 0.6) is 0 Å². The molecule has 0 radical (unpaired) electrons. The van der Waals surface area contributed by atoms with Gasteiger partial charge in [0.15, 0.2) is 6.29 Å². The standard InChI is InChI=1S/C26H38O12/c1-4-13-15-6-20(29)34-9-16-12(3)18(5-14(16)11(2)7-27)36-24(33)17(15)10-35-25(13)38-26-23(32)22(31)21(30)19(8-28)37-26/h4,10-12,14-16,18-19,21-23,25-28,30-32H,5-9H2,1-3H3/b13-4-/t11-,12-,14+,15+,16-,18-,19-,21-,22+,23-,25+,26+/m1/s1. The first-order chi connectivity index (χ1) is 18.1. The molecule has 3 heterocycles. The average Bonchev–Trinajstić information content (AvgIpc) is 3.20. The molecule has 1 saturated carbocycles. The monoisotopic (exact) mass is 542 g/mol. The van der Waals surface area contributed by atoms with Crippen LogP contribution in [-0.4, -0.2) is 100 Å². The molecule has 38 heavy (non-hydrogen) atoms. The highest BCUT2D eigenvalue weighted by Gasteiger charge is 2.49. The summed E-state index contributed by atoms with van der Waals surface area (Å²) in [6, 6.07) is 0. The number of aliphatic hydroxyl groups is 5. The van der Waals surface area contributed by atoms with Gasteiger partial charge in [-0.15, -0.1) is 0 Å². The van der Waals surface area contributed by atoms with E-state index < -0.39 is 67.6 Å². The van der Waals surface area contributed by atoms with Crippen molar-refractivity contribution in [1.82, 2.24) is 0 Å². The number of rotatable bonds is 5. The van der Waals surface area contributed by atoms with Crippen LogP contribution in [-0.2, 0) is 33.3 Å². The number of aliphatic hydroxyl groups excluding tert-OH is 5. The average molecular weight is 543 g/mol. The molecule has 0 aromatic carbocycles. The Morgan fingerprint density at radius 1 is 1.16 bits per heavy atom. The lowest BCUT2D eigenvalue weighted by molar-refractivity contribution is -0.327. The van der Waals surface area contributed by atoms with Crippen LogP contribution in [0.15, 0.2) is 23.5 Å². The highest BCUT2D eigenvalue weighted by atomic mass is 16.8. The summed E-state index contributed by atoms with van der Waals surface area (Å²) in [5.41, 5.74) is 0.477. The first kappa shape index (κ1) is 28.9. The summed E-state index contributed by atoms with van der Waals surface area (Å²) < 4.78 is 28.4. The Hall–Kier alpha value is -2.06. The molecule has 2 saturated heterocycles. The van der Waals surface area contributed by atoms with Crippen LogP contribution in [0.2, 0.25) is 0 Å². The van der Waals surface area contributed by atoms with E-state index in [1.54, 1.807) is 13.0 Å². The van der Waals surface area contributed by atoms with Crippen molar-refractivity contribution in [1.29, 1.82) is 0 Å². The minimum Gasteiger partial charge on any atom is -0.468 e. The molecule has 3 aliphatic heterocycles. The van der Waals surface area contributed by atoms with Gasteiger partial charge in [0.25, 0.3) is 0 Å². The van der Waals surface area contributed by atoms with Gasteiger partial charge in [-0.25, -0.2) is 4.79 Å². The number of cyclic esters (lactones) is 1. The number of ether oxygens (including phenoxy) is 5. The van der Waals surface area contributed by atoms with Gasteiger partial charge in [-0.05, 0) is 31.1 Å². The lowest BCUT2D eigenvalue weighted by Crippen LogP contribution is -2.60. The molecule has 0 aromatic heterocycles. The Labute approximate surface area is 220 Å². The van der Waals surface area contributed by atoms with Gasteiger partial charge >= 0.3 is 11.9 Å². The predicted molar refractivity (Wildman–Crippen MR) is 128 cm³/mol. The molecule has 0 amide bonds. The summed E-state index contributed by atoms with van der Waals surface area (Å²) in [6.07, 6.45) is -6.07. The van der Waals surface area contributed by atoms with Crippen molar-refractivity contribution in [3.8, 4) is 0 Å². The molecular formula is C26H38O12. The number of fused-ring (bicyclic) bond motifs is 3. The van der Waals surface area contributed by atoms with Gasteiger partial charge in [0.2, 0.25) is 6.29 Å². The van der Waals surface area contributed by atoms with Crippen molar-refractivity contribution in [3.63, 3.8) is 0 Å². The first-order valence-corrected chi connectivity index (χ1v) is 13.1. The second-order valence-electron chi connectivity index (χ2n) is 10.6. The fraction of sp³-hybridized carbons (Fsp3) is 0.769. The highest BCUT2D eigenvalue weighted by molar-refractivity contribution is 5.91. The minimum absolute atomic E-state index is 0.0230. The van der Waals surface area contributed by atoms with Gasteiger partial charge in [0.1, 0.15) is 30.5 Å². The maximum atomic E-state index is 13.3. The molecular weight excluding hydrogens is 504 g/mol. The molecule has 214 valence electrons. The van der Waals surface area contributed by atoms with Gasteiger partial charge in [-0.3, -0.25) is 4.79 Å². The topological polar surface area (TPSA) is 181 Å². The molecule has 1 aliphatic carbocycles. The predicted octanol–water partition coefficient (Wildman–Crippen LogP) is -0.635. The minimum atomic E-state index is -1.66. The van der Waals surface area contributed by atoms with Crippen molar-refractivity contribution in [2.24, 2.45) is 29.6 Å². The van der Waals surface area contributed by atoms with Crippen LogP contribution in [0.3, 0.4) is 0 Å². The van der Waals surface area contributed by atoms with E-state index in [1.165, 1.54) is 0 Å². The lowest BCUT2D eigenvalue weighted by Gasteiger charge is -2.42. The Kier molecular flexibility index (Phi) is 9.13. The number of allylic oxidation sites excluding steroid dienone is 1. The molecule has 0 unspecified atom stereocenters. The molecule has 2 bridgehead atoms. The van der Waals surface area contributed by atoms with Crippen molar-refractivity contribution >= 4 is 11.9 Å². The van der Waals surface area contributed by atoms with Gasteiger partial charge < -0.3 is 49.2 Å². The fourth-order valence-electron chi connectivity index (χ4n) is 5.97. The zero-order valence-electron chi connectivity index (χ0n) is 21.7. The Bertz CT molecular complexity index is 931. The molecule has 4 rings (SSSR count). The largest absolute Gasteiger partial charge is 0.468 e. The molecule has 12 heteroatoms. The van der Waals surface area contributed by atoms with Crippen LogP contribution < -0.4 is 0 Å². The van der Waals surface area contributed by atoms with Crippen molar-refractivity contribution in [2.45, 2.75) is 76.7 Å². The summed E-state index contributed by atoms with van der Waals surface area (Å²) in [5, 5.41) is 49.7. The number of hydrogen-bond donors (Lipinski definition) is 5. The second kappa shape index (κ2) is 12.0. The maximum absolute atomic E-state index is 13.3. The van der Waals surface area contributed by atoms with Crippen LogP contribution in [0.4, 0.5) is 0 Å². The van der Waals surface area contributed by atoms with E-state index in [2.05, 4.69) is 0 Å². The molecule has 0 aromatic rings.